The monoisotopic (exact) mass is 568 g/mol. The molecule has 4 rings (SSSR count). The Kier molecular flexibility index (Phi) is 12.4. The van der Waals surface area contributed by atoms with Gasteiger partial charge in [0.05, 0.1) is 10.9 Å². The molecule has 6 nitrogen and oxygen atoms in total. The standard InChI is InChI=1S/C28H44N4O2S2.ClH/c1-28(2)31-25(20-36-28)27(34)30-24(19-35-18-22-11-7-4-8-12-22)26(33)29-23-13-15-32(16-14-23)17-21-9-5-3-6-10-21;/h3,5-6,9-10,22-25,31H,4,7-8,11-20H2,1-2H3,(H,29,33)(H,30,34);1H/t24-,25-;/m0./s1. The first-order chi connectivity index (χ1) is 17.4. The van der Waals surface area contributed by atoms with Gasteiger partial charge in [0.15, 0.2) is 0 Å². The summed E-state index contributed by atoms with van der Waals surface area (Å²) in [5.41, 5.74) is 1.33. The van der Waals surface area contributed by atoms with Crippen LogP contribution < -0.4 is 16.0 Å². The third-order valence-corrected chi connectivity index (χ3v) is 10.2. The molecule has 3 N–H and O–H groups in total. The maximum absolute atomic E-state index is 13.4. The van der Waals surface area contributed by atoms with Gasteiger partial charge in [-0.25, -0.2) is 0 Å². The van der Waals surface area contributed by atoms with Gasteiger partial charge in [-0.3, -0.25) is 19.8 Å². The number of nitrogens with one attached hydrogen (secondary N) is 3. The molecule has 0 unspecified atom stereocenters. The summed E-state index contributed by atoms with van der Waals surface area (Å²) in [6.07, 6.45) is 8.51. The van der Waals surface area contributed by atoms with Gasteiger partial charge in [-0.2, -0.15) is 11.8 Å². The van der Waals surface area contributed by atoms with Gasteiger partial charge in [0.2, 0.25) is 11.8 Å². The molecule has 2 amide bonds. The SMILES string of the molecule is CC1(C)N[C@H](C(=O)N[C@@H](CSCC2CCCCC2)C(=O)NC2CCN(Cc3ccccc3)CC2)CS1.Cl. The Morgan fingerprint density at radius 2 is 1.81 bits per heavy atom. The second-order valence-corrected chi connectivity index (χ2v) is 13.9. The van der Waals surface area contributed by atoms with E-state index in [2.05, 4.69) is 65.0 Å². The van der Waals surface area contributed by atoms with Gasteiger partial charge in [-0.05, 0) is 56.8 Å². The molecule has 0 aromatic heterocycles. The second-order valence-electron chi connectivity index (χ2n) is 11.2. The molecule has 1 aromatic carbocycles. The molecule has 208 valence electrons. The van der Waals surface area contributed by atoms with Crippen molar-refractivity contribution >= 4 is 47.7 Å². The number of carbonyl (C=O) groups is 2. The molecule has 2 aliphatic heterocycles. The highest BCUT2D eigenvalue weighted by Crippen LogP contribution is 2.29. The zero-order valence-corrected chi connectivity index (χ0v) is 24.8. The fourth-order valence-electron chi connectivity index (χ4n) is 5.48. The third-order valence-electron chi connectivity index (χ3n) is 7.63. The molecule has 2 atom stereocenters. The van der Waals surface area contributed by atoms with Crippen LogP contribution in [0, 0.1) is 5.92 Å². The first-order valence-corrected chi connectivity index (χ1v) is 15.9. The van der Waals surface area contributed by atoms with Crippen LogP contribution in [0.1, 0.15) is 64.4 Å². The Balaban J connectivity index is 0.00000380. The maximum Gasteiger partial charge on any atom is 0.243 e. The van der Waals surface area contributed by atoms with Crippen molar-refractivity contribution in [1.29, 1.82) is 0 Å². The van der Waals surface area contributed by atoms with Crippen LogP contribution in [0.3, 0.4) is 0 Å². The van der Waals surface area contributed by atoms with Crippen molar-refractivity contribution in [3.63, 3.8) is 0 Å². The average Bonchev–Trinajstić information content (AvgIpc) is 3.25. The van der Waals surface area contributed by atoms with Crippen LogP contribution in [0.25, 0.3) is 0 Å². The Bertz CT molecular complexity index is 846. The molecule has 1 saturated carbocycles. The van der Waals surface area contributed by atoms with Crippen molar-refractivity contribution in [2.75, 3.05) is 30.3 Å². The van der Waals surface area contributed by atoms with Crippen LogP contribution in [0.15, 0.2) is 30.3 Å². The molecule has 37 heavy (non-hydrogen) atoms. The van der Waals surface area contributed by atoms with Gasteiger partial charge < -0.3 is 10.6 Å². The molecule has 2 heterocycles. The van der Waals surface area contributed by atoms with Crippen molar-refractivity contribution in [2.45, 2.75) is 88.3 Å². The number of carbonyl (C=O) groups excluding carboxylic acids is 2. The molecule has 3 fully saturated rings. The Morgan fingerprint density at radius 1 is 1.11 bits per heavy atom. The summed E-state index contributed by atoms with van der Waals surface area (Å²) in [4.78, 5) is 28.8. The van der Waals surface area contributed by atoms with E-state index in [1.165, 1.54) is 37.7 Å². The molecular formula is C28H45ClN4O2S2. The van der Waals surface area contributed by atoms with E-state index in [4.69, 9.17) is 0 Å². The average molecular weight is 569 g/mol. The minimum absolute atomic E-state index is 0. The van der Waals surface area contributed by atoms with Crippen molar-refractivity contribution in [3.05, 3.63) is 35.9 Å². The van der Waals surface area contributed by atoms with E-state index < -0.39 is 6.04 Å². The van der Waals surface area contributed by atoms with E-state index in [0.717, 1.165) is 49.9 Å². The molecule has 3 aliphatic rings. The first kappa shape index (κ1) is 30.6. The minimum Gasteiger partial charge on any atom is -0.351 e. The van der Waals surface area contributed by atoms with Gasteiger partial charge in [0.25, 0.3) is 0 Å². The molecule has 1 aliphatic carbocycles. The third kappa shape index (κ3) is 9.95. The second kappa shape index (κ2) is 15.0. The first-order valence-electron chi connectivity index (χ1n) is 13.7. The summed E-state index contributed by atoms with van der Waals surface area (Å²) in [5.74, 6) is 3.15. The van der Waals surface area contributed by atoms with E-state index in [9.17, 15) is 9.59 Å². The van der Waals surface area contributed by atoms with E-state index in [1.54, 1.807) is 11.8 Å². The quantitative estimate of drug-likeness (QED) is 0.388. The number of hydrogen-bond donors (Lipinski definition) is 3. The fourth-order valence-corrected chi connectivity index (χ4v) is 7.79. The number of amides is 2. The highest BCUT2D eigenvalue weighted by molar-refractivity contribution is 8.00. The summed E-state index contributed by atoms with van der Waals surface area (Å²) >= 11 is 3.59. The summed E-state index contributed by atoms with van der Waals surface area (Å²) < 4.78 is 0. The lowest BCUT2D eigenvalue weighted by atomic mass is 9.91. The largest absolute Gasteiger partial charge is 0.351 e. The van der Waals surface area contributed by atoms with E-state index in [0.29, 0.717) is 5.75 Å². The summed E-state index contributed by atoms with van der Waals surface area (Å²) in [6.45, 7) is 7.11. The zero-order valence-electron chi connectivity index (χ0n) is 22.4. The van der Waals surface area contributed by atoms with Crippen LogP contribution in [0.4, 0.5) is 0 Å². The number of benzene rings is 1. The molecule has 0 bridgehead atoms. The number of rotatable bonds is 10. The lowest BCUT2D eigenvalue weighted by Crippen LogP contribution is -2.56. The number of halogens is 1. The molecule has 1 aromatic rings. The Morgan fingerprint density at radius 3 is 2.46 bits per heavy atom. The highest BCUT2D eigenvalue weighted by Gasteiger charge is 2.36. The van der Waals surface area contributed by atoms with Crippen LogP contribution in [-0.2, 0) is 16.1 Å². The molecular weight excluding hydrogens is 524 g/mol. The van der Waals surface area contributed by atoms with Crippen LogP contribution in [0.2, 0.25) is 0 Å². The summed E-state index contributed by atoms with van der Waals surface area (Å²) in [5, 5.41) is 9.79. The van der Waals surface area contributed by atoms with Gasteiger partial charge in [-0.1, -0.05) is 49.6 Å². The predicted octanol–water partition coefficient (Wildman–Crippen LogP) is 4.43. The molecule has 0 radical (unpaired) electrons. The van der Waals surface area contributed by atoms with Gasteiger partial charge >= 0.3 is 0 Å². The minimum atomic E-state index is -0.482. The van der Waals surface area contributed by atoms with Crippen molar-refractivity contribution in [2.24, 2.45) is 5.92 Å². The number of likely N-dealkylation sites (tertiary alicyclic amines) is 1. The predicted molar refractivity (Wildman–Crippen MR) is 159 cm³/mol. The Hall–Kier alpha value is -0.930. The molecule has 2 saturated heterocycles. The van der Waals surface area contributed by atoms with E-state index in [1.807, 2.05) is 11.8 Å². The van der Waals surface area contributed by atoms with Crippen LogP contribution in [0.5, 0.6) is 0 Å². The Labute approximate surface area is 238 Å². The summed E-state index contributed by atoms with van der Waals surface area (Å²) in [6, 6.07) is 10.0. The zero-order chi connectivity index (χ0) is 25.4. The summed E-state index contributed by atoms with van der Waals surface area (Å²) in [7, 11) is 0. The van der Waals surface area contributed by atoms with Gasteiger partial charge in [-0.15, -0.1) is 24.2 Å². The maximum atomic E-state index is 13.4. The molecule has 0 spiro atoms. The smallest absolute Gasteiger partial charge is 0.243 e. The van der Waals surface area contributed by atoms with Crippen LogP contribution in [-0.4, -0.2) is 70.1 Å². The fraction of sp³-hybridized carbons (Fsp3) is 0.714. The topological polar surface area (TPSA) is 73.5 Å². The highest BCUT2D eigenvalue weighted by atomic mass is 35.5. The lowest BCUT2D eigenvalue weighted by molar-refractivity contribution is -0.129. The number of thioether (sulfide) groups is 2. The van der Waals surface area contributed by atoms with Crippen molar-refractivity contribution < 1.29 is 9.59 Å². The van der Waals surface area contributed by atoms with Gasteiger partial charge in [0.1, 0.15) is 6.04 Å². The number of nitrogens with zero attached hydrogens (tertiary/aromatic N) is 1. The van der Waals surface area contributed by atoms with Crippen molar-refractivity contribution in [1.82, 2.24) is 20.9 Å². The van der Waals surface area contributed by atoms with E-state index in [-0.39, 0.29) is 41.2 Å². The number of piperidine rings is 1. The van der Waals surface area contributed by atoms with Crippen molar-refractivity contribution in [3.8, 4) is 0 Å². The molecule has 9 heteroatoms. The lowest BCUT2D eigenvalue weighted by Gasteiger charge is -2.33. The van der Waals surface area contributed by atoms with E-state index >= 15 is 0 Å². The normalized spacial score (nSPS) is 23.7. The van der Waals surface area contributed by atoms with Crippen LogP contribution >= 0.6 is 35.9 Å². The van der Waals surface area contributed by atoms with Gasteiger partial charge in [0, 0.05) is 37.2 Å². The number of hydrogen-bond acceptors (Lipinski definition) is 6.